The van der Waals surface area contributed by atoms with Crippen LogP contribution in [-0.4, -0.2) is 0 Å². The molecule has 0 heterocycles. The minimum Gasteiger partial charge on any atom is -0.0622 e. The molecule has 0 aromatic heterocycles. The maximum absolute atomic E-state index is 2.38. The van der Waals surface area contributed by atoms with Crippen molar-refractivity contribution in [3.05, 3.63) is 35.9 Å². The summed E-state index contributed by atoms with van der Waals surface area (Å²) in [4.78, 5) is 0. The van der Waals surface area contributed by atoms with Gasteiger partial charge in [0.25, 0.3) is 0 Å². The van der Waals surface area contributed by atoms with Crippen molar-refractivity contribution in [3.63, 3.8) is 0 Å². The number of benzene rings is 1. The fourth-order valence-electron chi connectivity index (χ4n) is 2.34. The van der Waals surface area contributed by atoms with Gasteiger partial charge < -0.3 is 0 Å². The molecular weight excluding hydrogens is 144 g/mol. The molecule has 2 atom stereocenters. The topological polar surface area (TPSA) is 0 Å². The van der Waals surface area contributed by atoms with E-state index in [1.807, 2.05) is 0 Å². The number of rotatable bonds is 1. The zero-order valence-corrected chi connectivity index (χ0v) is 7.66. The molecule has 0 amide bonds. The molecule has 0 bridgehead atoms. The third-order valence-electron chi connectivity index (χ3n) is 3.09. The second-order valence-electron chi connectivity index (χ2n) is 3.93. The maximum Gasteiger partial charge on any atom is -0.0136 e. The number of hydrogen-bond donors (Lipinski definition) is 0. The molecule has 1 aliphatic carbocycles. The molecule has 0 radical (unpaired) electrons. The second-order valence-corrected chi connectivity index (χ2v) is 3.93. The molecule has 1 aliphatic rings. The molecule has 64 valence electrons. The SMILES string of the molecule is CC1CCC[C@@H]1c1ccccc1. The van der Waals surface area contributed by atoms with Gasteiger partial charge in [-0.1, -0.05) is 50.1 Å². The van der Waals surface area contributed by atoms with Crippen molar-refractivity contribution in [2.24, 2.45) is 5.92 Å². The molecule has 1 unspecified atom stereocenters. The van der Waals surface area contributed by atoms with Gasteiger partial charge in [0.05, 0.1) is 0 Å². The second kappa shape index (κ2) is 3.30. The summed E-state index contributed by atoms with van der Waals surface area (Å²) < 4.78 is 0. The van der Waals surface area contributed by atoms with E-state index in [2.05, 4.69) is 37.3 Å². The highest BCUT2D eigenvalue weighted by Gasteiger charge is 2.24. The van der Waals surface area contributed by atoms with E-state index in [-0.39, 0.29) is 0 Å². The van der Waals surface area contributed by atoms with Crippen LogP contribution in [0.2, 0.25) is 0 Å². The van der Waals surface area contributed by atoms with Crippen molar-refractivity contribution in [3.8, 4) is 0 Å². The molecule has 0 spiro atoms. The van der Waals surface area contributed by atoms with Gasteiger partial charge in [-0.3, -0.25) is 0 Å². The predicted molar refractivity (Wildman–Crippen MR) is 52.2 cm³/mol. The van der Waals surface area contributed by atoms with Crippen LogP contribution in [0.3, 0.4) is 0 Å². The summed E-state index contributed by atoms with van der Waals surface area (Å²) in [6.45, 7) is 2.38. The fourth-order valence-corrected chi connectivity index (χ4v) is 2.34. The lowest BCUT2D eigenvalue weighted by Gasteiger charge is -2.14. The summed E-state index contributed by atoms with van der Waals surface area (Å²) in [5, 5.41) is 0. The van der Waals surface area contributed by atoms with Gasteiger partial charge in [0.15, 0.2) is 0 Å². The summed E-state index contributed by atoms with van der Waals surface area (Å²) in [5.41, 5.74) is 1.54. The van der Waals surface area contributed by atoms with Crippen LogP contribution in [0, 0.1) is 5.92 Å². The fraction of sp³-hybridized carbons (Fsp3) is 0.500. The largest absolute Gasteiger partial charge is 0.0622 e. The highest BCUT2D eigenvalue weighted by atomic mass is 14.3. The monoisotopic (exact) mass is 160 g/mol. The molecule has 0 nitrogen and oxygen atoms in total. The van der Waals surface area contributed by atoms with E-state index in [0.29, 0.717) is 0 Å². The van der Waals surface area contributed by atoms with Crippen LogP contribution in [0.15, 0.2) is 30.3 Å². The molecule has 1 saturated carbocycles. The average Bonchev–Trinajstić information content (AvgIpc) is 2.53. The number of hydrogen-bond acceptors (Lipinski definition) is 0. The van der Waals surface area contributed by atoms with Gasteiger partial charge in [-0.2, -0.15) is 0 Å². The van der Waals surface area contributed by atoms with Gasteiger partial charge in [0.2, 0.25) is 0 Å². The van der Waals surface area contributed by atoms with E-state index in [9.17, 15) is 0 Å². The Morgan fingerprint density at radius 2 is 1.83 bits per heavy atom. The molecule has 1 aromatic carbocycles. The first kappa shape index (κ1) is 7.85. The molecular formula is C12H16. The lowest BCUT2D eigenvalue weighted by atomic mass is 9.90. The Kier molecular flexibility index (Phi) is 2.16. The molecule has 12 heavy (non-hydrogen) atoms. The van der Waals surface area contributed by atoms with Crippen LogP contribution in [0.1, 0.15) is 37.7 Å². The summed E-state index contributed by atoms with van der Waals surface area (Å²) >= 11 is 0. The smallest absolute Gasteiger partial charge is 0.0136 e. The Labute approximate surface area is 74.6 Å². The zero-order valence-electron chi connectivity index (χ0n) is 7.66. The van der Waals surface area contributed by atoms with Gasteiger partial charge in [0, 0.05) is 0 Å². The first-order valence-electron chi connectivity index (χ1n) is 4.93. The van der Waals surface area contributed by atoms with Crippen molar-refractivity contribution >= 4 is 0 Å². The van der Waals surface area contributed by atoms with E-state index in [4.69, 9.17) is 0 Å². The molecule has 1 aromatic rings. The van der Waals surface area contributed by atoms with Crippen LogP contribution in [0.5, 0.6) is 0 Å². The summed E-state index contributed by atoms with van der Waals surface area (Å²) in [7, 11) is 0. The Hall–Kier alpha value is -0.780. The summed E-state index contributed by atoms with van der Waals surface area (Å²) in [6, 6.07) is 10.9. The van der Waals surface area contributed by atoms with Crippen molar-refractivity contribution in [2.45, 2.75) is 32.1 Å². The standard InChI is InChI=1S/C12H16/c1-10-6-5-9-12(10)11-7-3-2-4-8-11/h2-4,7-8,10,12H,5-6,9H2,1H3/t10?,12-/m0/s1. The Morgan fingerprint density at radius 1 is 1.08 bits per heavy atom. The van der Waals surface area contributed by atoms with Crippen LogP contribution >= 0.6 is 0 Å². The van der Waals surface area contributed by atoms with Crippen molar-refractivity contribution < 1.29 is 0 Å². The van der Waals surface area contributed by atoms with E-state index in [1.54, 1.807) is 5.56 Å². The highest BCUT2D eigenvalue weighted by molar-refractivity contribution is 5.20. The minimum atomic E-state index is 0.839. The minimum absolute atomic E-state index is 0.839. The Balaban J connectivity index is 2.19. The quantitative estimate of drug-likeness (QED) is 0.589. The van der Waals surface area contributed by atoms with Crippen LogP contribution in [-0.2, 0) is 0 Å². The normalized spacial score (nSPS) is 29.1. The predicted octanol–water partition coefficient (Wildman–Crippen LogP) is 3.59. The van der Waals surface area contributed by atoms with Crippen LogP contribution < -0.4 is 0 Å². The molecule has 0 N–H and O–H groups in total. The Bertz CT molecular complexity index is 237. The highest BCUT2D eigenvalue weighted by Crippen LogP contribution is 2.38. The molecule has 2 rings (SSSR count). The molecule has 0 aliphatic heterocycles. The van der Waals surface area contributed by atoms with E-state index < -0.39 is 0 Å². The first-order chi connectivity index (χ1) is 5.88. The molecule has 1 fully saturated rings. The maximum atomic E-state index is 2.38. The van der Waals surface area contributed by atoms with Gasteiger partial charge in [0.1, 0.15) is 0 Å². The van der Waals surface area contributed by atoms with E-state index in [1.165, 1.54) is 19.3 Å². The molecule has 0 heteroatoms. The zero-order chi connectivity index (χ0) is 8.39. The van der Waals surface area contributed by atoms with Gasteiger partial charge in [-0.15, -0.1) is 0 Å². The average molecular weight is 160 g/mol. The van der Waals surface area contributed by atoms with Crippen molar-refractivity contribution in [2.75, 3.05) is 0 Å². The van der Waals surface area contributed by atoms with Gasteiger partial charge in [-0.05, 0) is 23.8 Å². The third kappa shape index (κ3) is 1.38. The Morgan fingerprint density at radius 3 is 2.42 bits per heavy atom. The van der Waals surface area contributed by atoms with E-state index >= 15 is 0 Å². The summed E-state index contributed by atoms with van der Waals surface area (Å²) in [5.74, 6) is 1.73. The van der Waals surface area contributed by atoms with E-state index in [0.717, 1.165) is 11.8 Å². The van der Waals surface area contributed by atoms with Gasteiger partial charge >= 0.3 is 0 Å². The summed E-state index contributed by atoms with van der Waals surface area (Å²) in [6.07, 6.45) is 4.23. The van der Waals surface area contributed by atoms with Crippen molar-refractivity contribution in [1.82, 2.24) is 0 Å². The van der Waals surface area contributed by atoms with Gasteiger partial charge in [-0.25, -0.2) is 0 Å². The first-order valence-corrected chi connectivity index (χ1v) is 4.93. The molecule has 0 saturated heterocycles. The lowest BCUT2D eigenvalue weighted by molar-refractivity contribution is 0.533. The third-order valence-corrected chi connectivity index (χ3v) is 3.09. The van der Waals surface area contributed by atoms with Crippen LogP contribution in [0.4, 0.5) is 0 Å². The lowest BCUT2D eigenvalue weighted by Crippen LogP contribution is -2.00. The van der Waals surface area contributed by atoms with Crippen LogP contribution in [0.25, 0.3) is 0 Å². The van der Waals surface area contributed by atoms with Crippen molar-refractivity contribution in [1.29, 1.82) is 0 Å².